The Balaban J connectivity index is 1.36. The van der Waals surface area contributed by atoms with E-state index < -0.39 is 0 Å². The van der Waals surface area contributed by atoms with Crippen LogP contribution in [-0.4, -0.2) is 37.1 Å². The van der Waals surface area contributed by atoms with Crippen molar-refractivity contribution in [1.29, 1.82) is 0 Å². The van der Waals surface area contributed by atoms with E-state index in [9.17, 15) is 9.18 Å². The fraction of sp³-hybridized carbons (Fsp3) is 0.286. The second kappa shape index (κ2) is 7.80. The quantitative estimate of drug-likeness (QED) is 0.899. The molecule has 0 saturated carbocycles. The molecule has 5 nitrogen and oxygen atoms in total. The number of nitrogens with one attached hydrogen (secondary N) is 1. The molecule has 0 fully saturated rings. The lowest BCUT2D eigenvalue weighted by molar-refractivity contribution is -0.113. The van der Waals surface area contributed by atoms with Crippen LogP contribution in [0.3, 0.4) is 0 Å². The summed E-state index contributed by atoms with van der Waals surface area (Å²) in [7, 11) is 0. The summed E-state index contributed by atoms with van der Waals surface area (Å²) in [5.74, 6) is 1.04. The number of carbonyl (C=O) groups excluding carboxylic acids is 1. The number of fused-ring (bicyclic) bond motifs is 1. The van der Waals surface area contributed by atoms with Gasteiger partial charge in [-0.2, -0.15) is 0 Å². The Bertz CT molecular complexity index is 881. The molecule has 140 valence electrons. The summed E-state index contributed by atoms with van der Waals surface area (Å²) in [4.78, 5) is 14.6. The van der Waals surface area contributed by atoms with Crippen molar-refractivity contribution in [1.82, 2.24) is 4.90 Å². The third kappa shape index (κ3) is 4.11. The normalized spacial score (nSPS) is 16.6. The number of hydrogen-bond acceptors (Lipinski definition) is 4. The average molecular weight is 368 g/mol. The Kier molecular flexibility index (Phi) is 5.07. The number of amides is 1. The van der Waals surface area contributed by atoms with Gasteiger partial charge in [-0.05, 0) is 24.6 Å². The second-order valence-corrected chi connectivity index (χ2v) is 6.62. The van der Waals surface area contributed by atoms with Crippen molar-refractivity contribution in [2.45, 2.75) is 13.0 Å². The standard InChI is InChI=1S/C21H21FN2O3/c22-18-4-2-1-3-16(18)14-24-9-7-15(8-10-24)21(25)23-17-5-6-19-20(13-17)27-12-11-26-19/h1-7,13H,8-12,14H2,(H,23,25). The van der Waals surface area contributed by atoms with Crippen LogP contribution in [0.15, 0.2) is 54.1 Å². The Labute approximate surface area is 157 Å². The molecular weight excluding hydrogens is 347 g/mol. The number of hydrogen-bond donors (Lipinski definition) is 1. The molecule has 2 heterocycles. The average Bonchev–Trinajstić information content (AvgIpc) is 2.70. The van der Waals surface area contributed by atoms with Gasteiger partial charge in [-0.15, -0.1) is 0 Å². The fourth-order valence-corrected chi connectivity index (χ4v) is 3.26. The van der Waals surface area contributed by atoms with Gasteiger partial charge in [0.05, 0.1) is 0 Å². The number of rotatable bonds is 4. The van der Waals surface area contributed by atoms with Crippen LogP contribution in [0.5, 0.6) is 11.5 Å². The molecule has 0 aromatic heterocycles. The molecule has 1 N–H and O–H groups in total. The first-order valence-corrected chi connectivity index (χ1v) is 9.05. The van der Waals surface area contributed by atoms with E-state index in [0.29, 0.717) is 62.0 Å². The lowest BCUT2D eigenvalue weighted by Gasteiger charge is -2.26. The number of nitrogens with zero attached hydrogens (tertiary/aromatic N) is 1. The van der Waals surface area contributed by atoms with Crippen LogP contribution in [0.2, 0.25) is 0 Å². The third-order valence-electron chi connectivity index (χ3n) is 4.74. The third-order valence-corrected chi connectivity index (χ3v) is 4.74. The summed E-state index contributed by atoms with van der Waals surface area (Å²) < 4.78 is 24.8. The lowest BCUT2D eigenvalue weighted by Crippen LogP contribution is -2.31. The first-order chi connectivity index (χ1) is 13.2. The molecule has 0 saturated heterocycles. The number of halogens is 1. The molecule has 0 atom stereocenters. The number of ether oxygens (including phenoxy) is 2. The molecule has 4 rings (SSSR count). The summed E-state index contributed by atoms with van der Waals surface area (Å²) in [5.41, 5.74) is 2.10. The molecule has 27 heavy (non-hydrogen) atoms. The van der Waals surface area contributed by atoms with Gasteiger partial charge in [0, 0.05) is 42.5 Å². The summed E-state index contributed by atoms with van der Waals surface area (Å²) >= 11 is 0. The van der Waals surface area contributed by atoms with Crippen molar-refractivity contribution in [3.8, 4) is 11.5 Å². The van der Waals surface area contributed by atoms with Gasteiger partial charge in [-0.1, -0.05) is 24.3 Å². The Morgan fingerprint density at radius 1 is 1.11 bits per heavy atom. The first kappa shape index (κ1) is 17.5. The van der Waals surface area contributed by atoms with E-state index in [1.54, 1.807) is 30.3 Å². The maximum atomic E-state index is 13.8. The minimum atomic E-state index is -0.191. The van der Waals surface area contributed by atoms with Crippen molar-refractivity contribution in [2.75, 3.05) is 31.6 Å². The molecule has 2 aliphatic rings. The van der Waals surface area contributed by atoms with Gasteiger partial charge in [0.1, 0.15) is 19.0 Å². The lowest BCUT2D eigenvalue weighted by atomic mass is 10.1. The first-order valence-electron chi connectivity index (χ1n) is 9.05. The van der Waals surface area contributed by atoms with Crippen LogP contribution in [0.1, 0.15) is 12.0 Å². The molecule has 6 heteroatoms. The zero-order valence-corrected chi connectivity index (χ0v) is 14.9. The van der Waals surface area contributed by atoms with Gasteiger partial charge in [0.15, 0.2) is 11.5 Å². The van der Waals surface area contributed by atoms with Crippen molar-refractivity contribution in [3.63, 3.8) is 0 Å². The maximum Gasteiger partial charge on any atom is 0.251 e. The number of benzene rings is 2. The maximum absolute atomic E-state index is 13.8. The van der Waals surface area contributed by atoms with Crippen molar-refractivity contribution in [2.24, 2.45) is 0 Å². The molecule has 2 aromatic rings. The van der Waals surface area contributed by atoms with E-state index in [2.05, 4.69) is 10.2 Å². The zero-order valence-electron chi connectivity index (χ0n) is 14.9. The van der Waals surface area contributed by atoms with Crippen LogP contribution >= 0.6 is 0 Å². The van der Waals surface area contributed by atoms with Gasteiger partial charge >= 0.3 is 0 Å². The molecule has 2 aliphatic heterocycles. The van der Waals surface area contributed by atoms with Gasteiger partial charge in [0.2, 0.25) is 0 Å². The largest absolute Gasteiger partial charge is 0.486 e. The smallest absolute Gasteiger partial charge is 0.251 e. The van der Waals surface area contributed by atoms with Gasteiger partial charge in [-0.25, -0.2) is 4.39 Å². The molecule has 0 radical (unpaired) electrons. The Hall–Kier alpha value is -2.86. The Morgan fingerprint density at radius 2 is 1.93 bits per heavy atom. The van der Waals surface area contributed by atoms with Gasteiger partial charge in [-0.3, -0.25) is 9.69 Å². The highest BCUT2D eigenvalue weighted by molar-refractivity contribution is 6.04. The van der Waals surface area contributed by atoms with E-state index >= 15 is 0 Å². The predicted molar refractivity (Wildman–Crippen MR) is 100 cm³/mol. The highest BCUT2D eigenvalue weighted by Gasteiger charge is 2.19. The molecule has 1 amide bonds. The predicted octanol–water partition coefficient (Wildman–Crippen LogP) is 3.37. The molecular formula is C21H21FN2O3. The van der Waals surface area contributed by atoms with Crippen LogP contribution in [0, 0.1) is 5.82 Å². The molecule has 0 unspecified atom stereocenters. The highest BCUT2D eigenvalue weighted by Crippen LogP contribution is 2.32. The fourth-order valence-electron chi connectivity index (χ4n) is 3.26. The van der Waals surface area contributed by atoms with Crippen molar-refractivity contribution in [3.05, 3.63) is 65.5 Å². The summed E-state index contributed by atoms with van der Waals surface area (Å²) in [5, 5.41) is 2.91. The molecule has 0 bridgehead atoms. The minimum absolute atomic E-state index is 0.114. The van der Waals surface area contributed by atoms with E-state index in [4.69, 9.17) is 9.47 Å². The van der Waals surface area contributed by atoms with Crippen LogP contribution < -0.4 is 14.8 Å². The van der Waals surface area contributed by atoms with E-state index in [0.717, 1.165) is 5.57 Å². The second-order valence-electron chi connectivity index (χ2n) is 6.62. The minimum Gasteiger partial charge on any atom is -0.486 e. The van der Waals surface area contributed by atoms with Gasteiger partial charge < -0.3 is 14.8 Å². The van der Waals surface area contributed by atoms with E-state index in [-0.39, 0.29) is 11.7 Å². The monoisotopic (exact) mass is 368 g/mol. The Morgan fingerprint density at radius 3 is 2.70 bits per heavy atom. The molecule has 2 aromatic carbocycles. The SMILES string of the molecule is O=C(Nc1ccc2c(c1)OCCO2)C1=CCN(Cc2ccccc2F)CC1. The van der Waals surface area contributed by atoms with Crippen LogP contribution in [-0.2, 0) is 11.3 Å². The van der Waals surface area contributed by atoms with Crippen molar-refractivity contribution >= 4 is 11.6 Å². The van der Waals surface area contributed by atoms with E-state index in [1.165, 1.54) is 6.07 Å². The number of anilines is 1. The topological polar surface area (TPSA) is 50.8 Å². The molecule has 0 aliphatic carbocycles. The van der Waals surface area contributed by atoms with E-state index in [1.807, 2.05) is 12.1 Å². The molecule has 0 spiro atoms. The van der Waals surface area contributed by atoms with Crippen LogP contribution in [0.25, 0.3) is 0 Å². The summed E-state index contributed by atoms with van der Waals surface area (Å²) in [6, 6.07) is 12.2. The summed E-state index contributed by atoms with van der Waals surface area (Å²) in [6.45, 7) is 2.93. The highest BCUT2D eigenvalue weighted by atomic mass is 19.1. The van der Waals surface area contributed by atoms with Crippen molar-refractivity contribution < 1.29 is 18.7 Å². The summed E-state index contributed by atoms with van der Waals surface area (Å²) in [6.07, 6.45) is 2.54. The number of carbonyl (C=O) groups is 1. The van der Waals surface area contributed by atoms with Crippen LogP contribution in [0.4, 0.5) is 10.1 Å². The van der Waals surface area contributed by atoms with Gasteiger partial charge in [0.25, 0.3) is 5.91 Å². The zero-order chi connectivity index (χ0) is 18.6.